The predicted molar refractivity (Wildman–Crippen MR) is 279 cm³/mol. The Bertz CT molecular complexity index is 2180. The average molecular weight is 1050 g/mol. The molecule has 2 unspecified atom stereocenters. The Balaban J connectivity index is 0.000000373. The second-order valence-electron chi connectivity index (χ2n) is 25.5. The van der Waals surface area contributed by atoms with Gasteiger partial charge in [0.05, 0.1) is 13.2 Å². The summed E-state index contributed by atoms with van der Waals surface area (Å²) < 4.78 is 77.2. The molecule has 0 aliphatic carbocycles. The highest BCUT2D eigenvalue weighted by Crippen LogP contribution is 2.45. The molecule has 8 atom stereocenters. The van der Waals surface area contributed by atoms with E-state index in [1.807, 2.05) is 0 Å². The lowest BCUT2D eigenvalue weighted by Gasteiger charge is -2.40. The molecule has 4 rings (SSSR count). The summed E-state index contributed by atoms with van der Waals surface area (Å²) in [5, 5.41) is 2.15. The van der Waals surface area contributed by atoms with Crippen LogP contribution in [0.3, 0.4) is 0 Å². The van der Waals surface area contributed by atoms with Crippen molar-refractivity contribution in [1.82, 2.24) is 19.1 Å². The van der Waals surface area contributed by atoms with Crippen molar-refractivity contribution >= 4 is 51.0 Å². The molecular formula is C47H88F2N6O10Si4. The number of aromatic nitrogens is 4. The summed E-state index contributed by atoms with van der Waals surface area (Å²) in [5.74, 6) is 0.0855. The number of amides is 1. The van der Waals surface area contributed by atoms with Crippen LogP contribution in [0.15, 0.2) is 34.1 Å². The van der Waals surface area contributed by atoms with Gasteiger partial charge in [-0.25, -0.2) is 23.2 Å². The predicted octanol–water partition coefficient (Wildman–Crippen LogP) is 10.7. The smallest absolute Gasteiger partial charge is 0.413 e. The number of ether oxygens (including phenoxy) is 3. The molecule has 1 amide bonds. The molecule has 2 saturated heterocycles. The van der Waals surface area contributed by atoms with E-state index in [0.717, 1.165) is 9.13 Å². The third-order valence-electron chi connectivity index (χ3n) is 14.7. The molecule has 0 bridgehead atoms. The highest BCUT2D eigenvalue weighted by Gasteiger charge is 2.54. The van der Waals surface area contributed by atoms with E-state index in [9.17, 15) is 14.4 Å². The van der Waals surface area contributed by atoms with E-state index in [0.29, 0.717) is 0 Å². The van der Waals surface area contributed by atoms with Crippen molar-refractivity contribution in [2.24, 2.45) is 0 Å². The van der Waals surface area contributed by atoms with Gasteiger partial charge in [0.15, 0.2) is 58.1 Å². The van der Waals surface area contributed by atoms with Gasteiger partial charge in [-0.05, 0) is 105 Å². The number of rotatable bonds is 13. The first kappa shape index (κ1) is 60.6. The van der Waals surface area contributed by atoms with E-state index in [4.69, 9.17) is 37.6 Å². The third-order valence-corrected chi connectivity index (χ3v) is 32.6. The third kappa shape index (κ3) is 15.4. The first-order valence-corrected chi connectivity index (χ1v) is 35.6. The van der Waals surface area contributed by atoms with E-state index >= 15 is 8.78 Å². The molecule has 0 saturated carbocycles. The minimum absolute atomic E-state index is 0.000730. The van der Waals surface area contributed by atoms with Crippen LogP contribution in [0.4, 0.5) is 25.2 Å². The molecule has 0 aromatic carbocycles. The van der Waals surface area contributed by atoms with Crippen molar-refractivity contribution in [3.63, 3.8) is 0 Å². The molecule has 16 nitrogen and oxygen atoms in total. The number of nitrogen functional groups attached to an aromatic ring is 1. The van der Waals surface area contributed by atoms with Gasteiger partial charge in [-0.2, -0.15) is 9.97 Å². The van der Waals surface area contributed by atoms with Crippen LogP contribution in [0.25, 0.3) is 0 Å². The fourth-order valence-corrected chi connectivity index (χ4v) is 10.8. The molecule has 2 aliphatic rings. The summed E-state index contributed by atoms with van der Waals surface area (Å²) in [6.07, 6.45) is -6.58. The van der Waals surface area contributed by atoms with Crippen molar-refractivity contribution in [2.75, 3.05) is 24.3 Å². The Kier molecular flexibility index (Phi) is 18.8. The van der Waals surface area contributed by atoms with E-state index < -0.39 is 106 Å². The van der Waals surface area contributed by atoms with Crippen LogP contribution in [0.2, 0.25) is 72.5 Å². The molecular weight excluding hydrogens is 959 g/mol. The van der Waals surface area contributed by atoms with E-state index in [2.05, 4.69) is 151 Å². The molecule has 2 aliphatic heterocycles. The van der Waals surface area contributed by atoms with Gasteiger partial charge >= 0.3 is 17.5 Å². The summed E-state index contributed by atoms with van der Waals surface area (Å²) in [6.45, 7) is 47.8. The molecule has 2 fully saturated rings. The van der Waals surface area contributed by atoms with Crippen LogP contribution in [-0.4, -0.2) is 114 Å². The molecule has 69 heavy (non-hydrogen) atoms. The number of nitrogens with two attached hydrogens (primary N) is 1. The molecule has 3 N–H and O–H groups in total. The van der Waals surface area contributed by atoms with Crippen molar-refractivity contribution in [1.29, 1.82) is 0 Å². The van der Waals surface area contributed by atoms with Gasteiger partial charge in [0.25, 0.3) is 0 Å². The molecule has 2 aromatic heterocycles. The molecule has 0 radical (unpaired) electrons. The average Bonchev–Trinajstić information content (AvgIpc) is 3.61. The van der Waals surface area contributed by atoms with Gasteiger partial charge in [0.1, 0.15) is 41.7 Å². The van der Waals surface area contributed by atoms with Crippen LogP contribution in [-0.2, 0) is 31.9 Å². The maximum Gasteiger partial charge on any atom is 0.413 e. The Morgan fingerprint density at radius 1 is 0.623 bits per heavy atom. The van der Waals surface area contributed by atoms with Gasteiger partial charge in [-0.1, -0.05) is 83.1 Å². The normalized spacial score (nSPS) is 24.5. The SMILES string of the molecule is CC(C)(C)OC(=O)Nc1ccn([C@@H]2O[C@H](CO[Si](C)(C)C(C)(C)C)[C@H](O[Si](C)(C)C(C)(C)C)C2F)c(=O)n1.CC(C)(C)[Si](C)(C)OC[C@H]1O[C@@H](n2ccc(N)nc2=O)C(F)[C@H]1O[Si](C)(C)C(C)(C)C. The number of nitrogens with one attached hydrogen (secondary N) is 1. The summed E-state index contributed by atoms with van der Waals surface area (Å²) in [5.41, 5.74) is 3.47. The maximum atomic E-state index is 16.1. The van der Waals surface area contributed by atoms with E-state index in [-0.39, 0.29) is 45.0 Å². The highest BCUT2D eigenvalue weighted by atomic mass is 28.4. The molecule has 396 valence electrons. The lowest BCUT2D eigenvalue weighted by atomic mass is 10.1. The lowest BCUT2D eigenvalue weighted by molar-refractivity contribution is -0.0454. The van der Waals surface area contributed by atoms with Crippen LogP contribution >= 0.6 is 0 Å². The topological polar surface area (TPSA) is 190 Å². The number of anilines is 2. The van der Waals surface area contributed by atoms with Gasteiger partial charge in [0.2, 0.25) is 0 Å². The second kappa shape index (κ2) is 21.4. The van der Waals surface area contributed by atoms with Crippen LogP contribution in [0.5, 0.6) is 0 Å². The summed E-state index contributed by atoms with van der Waals surface area (Å²) >= 11 is 0. The monoisotopic (exact) mass is 1050 g/mol. The zero-order valence-electron chi connectivity index (χ0n) is 46.0. The van der Waals surface area contributed by atoms with Crippen molar-refractivity contribution < 1.29 is 45.5 Å². The fraction of sp³-hybridized carbons (Fsp3) is 0.809. The van der Waals surface area contributed by atoms with E-state index in [1.165, 1.54) is 24.5 Å². The molecule has 0 spiro atoms. The highest BCUT2D eigenvalue weighted by molar-refractivity contribution is 6.75. The Labute approximate surface area is 415 Å². The van der Waals surface area contributed by atoms with Crippen molar-refractivity contribution in [3.8, 4) is 0 Å². The number of hydrogen-bond donors (Lipinski definition) is 2. The summed E-state index contributed by atoms with van der Waals surface area (Å²) in [7, 11) is -8.92. The first-order chi connectivity index (χ1) is 30.8. The largest absolute Gasteiger partial charge is 0.444 e. The number of alkyl halides is 2. The Morgan fingerprint density at radius 3 is 1.29 bits per heavy atom. The fourth-order valence-electron chi connectivity index (χ4n) is 6.14. The maximum absolute atomic E-state index is 16.1. The minimum atomic E-state index is -2.38. The number of carbonyl (C=O) groups excluding carboxylic acids is 1. The summed E-state index contributed by atoms with van der Waals surface area (Å²) in [6, 6.07) is 2.87. The Morgan fingerprint density at radius 2 is 0.971 bits per heavy atom. The van der Waals surface area contributed by atoms with Gasteiger partial charge in [-0.15, -0.1) is 0 Å². The zero-order chi connectivity index (χ0) is 53.5. The van der Waals surface area contributed by atoms with Gasteiger partial charge in [0, 0.05) is 12.4 Å². The van der Waals surface area contributed by atoms with Gasteiger partial charge in [-0.3, -0.25) is 14.5 Å². The Hall–Kier alpha value is -2.68. The van der Waals surface area contributed by atoms with Crippen LogP contribution in [0.1, 0.15) is 116 Å². The number of hydrogen-bond acceptors (Lipinski definition) is 13. The molecule has 2 aromatic rings. The van der Waals surface area contributed by atoms with Crippen molar-refractivity contribution in [3.05, 3.63) is 45.5 Å². The number of halogens is 2. The van der Waals surface area contributed by atoms with Crippen LogP contribution < -0.4 is 22.4 Å². The molecule has 22 heteroatoms. The quantitative estimate of drug-likeness (QED) is 0.180. The zero-order valence-corrected chi connectivity index (χ0v) is 50.0. The van der Waals surface area contributed by atoms with Crippen LogP contribution in [0, 0.1) is 0 Å². The van der Waals surface area contributed by atoms with E-state index in [1.54, 1.807) is 20.8 Å². The van der Waals surface area contributed by atoms with Gasteiger partial charge < -0.3 is 37.6 Å². The molecule has 4 heterocycles. The number of nitrogens with zero attached hydrogens (tertiary/aromatic N) is 4. The second-order valence-corrected chi connectivity index (χ2v) is 44.7. The summed E-state index contributed by atoms with van der Waals surface area (Å²) in [4.78, 5) is 44.9. The first-order valence-electron chi connectivity index (χ1n) is 24.0. The lowest BCUT2D eigenvalue weighted by Crippen LogP contribution is -2.50. The number of carbonyl (C=O) groups is 1. The standard InChI is InChI=1S/C26H48FN3O6Si2.C21H40FN3O4Si2/c1-24(2,3)35-23(32)29-18-14-15-30(22(31)28-18)21-19(27)20(36-38(12,13)26(7,8)9)17(34-21)16-33-37(10,11)25(4,5)6;1-20(2,3)30(7,8)27-13-14-17(29-31(9,10)21(4,5)6)16(22)18(28-14)25-12-11-15(23)24-19(25)26/h14-15,17,19-21H,16H2,1-13H3,(H,28,29,31,32);11-12,14,16-18H,13H2,1-10H3,(H2,23,24,26)/t17-,19?,20+,21-;14-,16?,17+,18-/m11/s1. The van der Waals surface area contributed by atoms with Crippen molar-refractivity contribution in [2.45, 2.75) is 231 Å². The minimum Gasteiger partial charge on any atom is -0.444 e.